The highest BCUT2D eigenvalue weighted by atomic mass is 35.5. The molecule has 18 heavy (non-hydrogen) atoms. The van der Waals surface area contributed by atoms with Crippen LogP contribution < -0.4 is 4.72 Å². The van der Waals surface area contributed by atoms with E-state index in [1.165, 1.54) is 19.3 Å². The Labute approximate surface area is 116 Å². The van der Waals surface area contributed by atoms with Gasteiger partial charge >= 0.3 is 0 Å². The summed E-state index contributed by atoms with van der Waals surface area (Å²) in [7, 11) is -3.14. The molecule has 108 valence electrons. The fourth-order valence-electron chi connectivity index (χ4n) is 2.32. The molecule has 1 rings (SSSR count). The number of alkyl halides is 1. The van der Waals surface area contributed by atoms with Crippen molar-refractivity contribution in [1.29, 1.82) is 0 Å². The number of hydrogen-bond acceptors (Lipinski definition) is 3. The molecule has 1 saturated heterocycles. The Morgan fingerprint density at radius 3 is 2.50 bits per heavy atom. The molecule has 1 heterocycles. The molecule has 1 N–H and O–H groups in total. The summed E-state index contributed by atoms with van der Waals surface area (Å²) in [5.74, 6) is 0.711. The third-order valence-electron chi connectivity index (χ3n) is 3.16. The van der Waals surface area contributed by atoms with E-state index in [0.717, 1.165) is 26.1 Å². The maximum absolute atomic E-state index is 11.8. The Bertz CT molecular complexity index is 316. The number of nitrogens with one attached hydrogen (secondary N) is 1. The van der Waals surface area contributed by atoms with Gasteiger partial charge in [-0.2, -0.15) is 0 Å². The molecule has 0 aromatic carbocycles. The van der Waals surface area contributed by atoms with Gasteiger partial charge in [0.15, 0.2) is 0 Å². The van der Waals surface area contributed by atoms with Crippen LogP contribution >= 0.6 is 11.6 Å². The first kappa shape index (κ1) is 16.2. The summed E-state index contributed by atoms with van der Waals surface area (Å²) < 4.78 is 26.3. The zero-order valence-electron chi connectivity index (χ0n) is 11.2. The maximum atomic E-state index is 11.8. The monoisotopic (exact) mass is 296 g/mol. The normalized spacial score (nSPS) is 19.9. The number of halogens is 1. The van der Waals surface area contributed by atoms with Gasteiger partial charge in [-0.1, -0.05) is 6.42 Å². The molecule has 0 aromatic rings. The van der Waals surface area contributed by atoms with Crippen LogP contribution in [-0.4, -0.2) is 50.6 Å². The molecule has 4 nitrogen and oxygen atoms in total. The van der Waals surface area contributed by atoms with E-state index in [0.29, 0.717) is 12.3 Å². The number of sulfonamides is 1. The van der Waals surface area contributed by atoms with Gasteiger partial charge in [-0.25, -0.2) is 13.1 Å². The van der Waals surface area contributed by atoms with Crippen molar-refractivity contribution >= 4 is 21.6 Å². The molecule has 1 atom stereocenters. The number of likely N-dealkylation sites (tertiary alicyclic amines) is 1. The summed E-state index contributed by atoms with van der Waals surface area (Å²) in [5.41, 5.74) is 0. The molecule has 0 spiro atoms. The van der Waals surface area contributed by atoms with Gasteiger partial charge in [0.05, 0.1) is 5.75 Å². The second kappa shape index (κ2) is 8.35. The lowest BCUT2D eigenvalue weighted by atomic mass is 10.1. The molecule has 1 fully saturated rings. The highest BCUT2D eigenvalue weighted by Crippen LogP contribution is 2.09. The van der Waals surface area contributed by atoms with Crippen molar-refractivity contribution in [3.63, 3.8) is 0 Å². The summed E-state index contributed by atoms with van der Waals surface area (Å²) in [4.78, 5) is 2.34. The number of unbranched alkanes of at least 4 members (excludes halogenated alkanes) is 1. The topological polar surface area (TPSA) is 49.4 Å². The van der Waals surface area contributed by atoms with E-state index in [-0.39, 0.29) is 11.8 Å². The van der Waals surface area contributed by atoms with Crippen LogP contribution in [0.1, 0.15) is 39.0 Å². The van der Waals surface area contributed by atoms with E-state index in [1.807, 2.05) is 6.92 Å². The predicted octanol–water partition coefficient (Wildman–Crippen LogP) is 1.80. The minimum Gasteiger partial charge on any atom is -0.302 e. The molecular formula is C12H25ClN2O2S. The zero-order valence-corrected chi connectivity index (χ0v) is 12.8. The average Bonchev–Trinajstić information content (AvgIpc) is 2.29. The third-order valence-corrected chi connectivity index (χ3v) is 5.01. The Kier molecular flexibility index (Phi) is 7.53. The van der Waals surface area contributed by atoms with Crippen LogP contribution in [0.5, 0.6) is 0 Å². The Hall–Kier alpha value is 0.160. The van der Waals surface area contributed by atoms with Gasteiger partial charge in [0.1, 0.15) is 0 Å². The predicted molar refractivity (Wildman–Crippen MR) is 76.6 cm³/mol. The van der Waals surface area contributed by atoms with Crippen molar-refractivity contribution in [1.82, 2.24) is 9.62 Å². The fourth-order valence-corrected chi connectivity index (χ4v) is 3.90. The summed E-state index contributed by atoms with van der Waals surface area (Å²) in [5, 5.41) is 0. The quantitative estimate of drug-likeness (QED) is 0.549. The van der Waals surface area contributed by atoms with Crippen LogP contribution in [0.2, 0.25) is 0 Å². The van der Waals surface area contributed by atoms with E-state index < -0.39 is 10.0 Å². The number of rotatable bonds is 8. The van der Waals surface area contributed by atoms with Crippen molar-refractivity contribution < 1.29 is 8.42 Å². The van der Waals surface area contributed by atoms with E-state index in [4.69, 9.17) is 11.6 Å². The SMILES string of the molecule is CC(CN1CCCCC1)NS(=O)(=O)CCCCCl. The molecule has 1 aliphatic heterocycles. The highest BCUT2D eigenvalue weighted by molar-refractivity contribution is 7.89. The molecule has 0 aromatic heterocycles. The molecule has 0 saturated carbocycles. The van der Waals surface area contributed by atoms with Gasteiger partial charge < -0.3 is 4.90 Å². The van der Waals surface area contributed by atoms with Gasteiger partial charge in [0.2, 0.25) is 10.0 Å². The van der Waals surface area contributed by atoms with Crippen LogP contribution in [0.3, 0.4) is 0 Å². The molecule has 6 heteroatoms. The first-order valence-electron chi connectivity index (χ1n) is 6.82. The Morgan fingerprint density at radius 1 is 1.22 bits per heavy atom. The van der Waals surface area contributed by atoms with Crippen LogP contribution in [0, 0.1) is 0 Å². The van der Waals surface area contributed by atoms with Gasteiger partial charge in [0, 0.05) is 18.5 Å². The van der Waals surface area contributed by atoms with Crippen molar-refractivity contribution in [2.75, 3.05) is 31.3 Å². The maximum Gasteiger partial charge on any atom is 0.211 e. The van der Waals surface area contributed by atoms with Crippen molar-refractivity contribution in [2.24, 2.45) is 0 Å². The fraction of sp³-hybridized carbons (Fsp3) is 1.00. The van der Waals surface area contributed by atoms with Crippen molar-refractivity contribution in [3.05, 3.63) is 0 Å². The lowest BCUT2D eigenvalue weighted by molar-refractivity contribution is 0.215. The smallest absolute Gasteiger partial charge is 0.211 e. The average molecular weight is 297 g/mol. The number of piperidine rings is 1. The van der Waals surface area contributed by atoms with Gasteiger partial charge in [-0.3, -0.25) is 0 Å². The minimum atomic E-state index is -3.14. The second-order valence-corrected chi connectivity index (χ2v) is 7.35. The molecule has 0 aliphatic carbocycles. The first-order chi connectivity index (χ1) is 8.53. The van der Waals surface area contributed by atoms with Gasteiger partial charge in [-0.05, 0) is 45.7 Å². The summed E-state index contributed by atoms with van der Waals surface area (Å²) in [6, 6.07) is -0.0101. The Balaban J connectivity index is 2.26. The molecular weight excluding hydrogens is 272 g/mol. The van der Waals surface area contributed by atoms with Crippen LogP contribution in [0.15, 0.2) is 0 Å². The highest BCUT2D eigenvalue weighted by Gasteiger charge is 2.17. The van der Waals surface area contributed by atoms with Gasteiger partial charge in [0.25, 0.3) is 0 Å². The van der Waals surface area contributed by atoms with Crippen LogP contribution in [0.4, 0.5) is 0 Å². The molecule has 0 bridgehead atoms. The summed E-state index contributed by atoms with van der Waals surface area (Å²) >= 11 is 5.54. The second-order valence-electron chi connectivity index (χ2n) is 5.10. The summed E-state index contributed by atoms with van der Waals surface area (Å²) in [6.45, 7) is 4.94. The Morgan fingerprint density at radius 2 is 1.89 bits per heavy atom. The largest absolute Gasteiger partial charge is 0.302 e. The lowest BCUT2D eigenvalue weighted by Crippen LogP contribution is -2.44. The number of nitrogens with zero attached hydrogens (tertiary/aromatic N) is 1. The van der Waals surface area contributed by atoms with E-state index in [2.05, 4.69) is 9.62 Å². The van der Waals surface area contributed by atoms with Crippen LogP contribution in [0.25, 0.3) is 0 Å². The minimum absolute atomic E-state index is 0.0101. The van der Waals surface area contributed by atoms with E-state index in [1.54, 1.807) is 0 Å². The van der Waals surface area contributed by atoms with Gasteiger partial charge in [-0.15, -0.1) is 11.6 Å². The van der Waals surface area contributed by atoms with Crippen molar-refractivity contribution in [3.8, 4) is 0 Å². The molecule has 0 amide bonds. The zero-order chi connectivity index (χ0) is 13.4. The van der Waals surface area contributed by atoms with Crippen molar-refractivity contribution in [2.45, 2.75) is 45.1 Å². The lowest BCUT2D eigenvalue weighted by Gasteiger charge is -2.29. The summed E-state index contributed by atoms with van der Waals surface area (Å²) in [6.07, 6.45) is 5.15. The molecule has 1 unspecified atom stereocenters. The third kappa shape index (κ3) is 6.92. The van der Waals surface area contributed by atoms with Crippen LogP contribution in [-0.2, 0) is 10.0 Å². The number of hydrogen-bond donors (Lipinski definition) is 1. The molecule has 0 radical (unpaired) electrons. The first-order valence-corrected chi connectivity index (χ1v) is 9.00. The van der Waals surface area contributed by atoms with E-state index in [9.17, 15) is 8.42 Å². The molecule has 1 aliphatic rings. The standard InChI is InChI=1S/C12H25ClN2O2S/c1-12(11-15-8-4-2-5-9-15)14-18(16,17)10-6-3-7-13/h12,14H,2-11H2,1H3. The van der Waals surface area contributed by atoms with E-state index >= 15 is 0 Å².